The van der Waals surface area contributed by atoms with Crippen LogP contribution < -0.4 is 5.56 Å². The molecule has 0 saturated carbocycles. The maximum atomic E-state index is 12.9. The van der Waals surface area contributed by atoms with Crippen LogP contribution in [0.5, 0.6) is 0 Å². The zero-order valence-corrected chi connectivity index (χ0v) is 10.3. The van der Waals surface area contributed by atoms with E-state index in [9.17, 15) is 22.8 Å². The molecule has 6 nitrogen and oxygen atoms in total. The first-order chi connectivity index (χ1) is 9.80. The molecule has 0 fully saturated rings. The van der Waals surface area contributed by atoms with Crippen molar-refractivity contribution in [2.75, 3.05) is 0 Å². The Morgan fingerprint density at radius 3 is 2.67 bits per heavy atom. The smallest absolute Gasteiger partial charge is 0.431 e. The summed E-state index contributed by atoms with van der Waals surface area (Å²) in [6.07, 6.45) is -2.77. The standard InChI is InChI=1S/C12H8F3N3O3/c13-12(14,15)9-2-1-3-10(19)18(9)5-8-7(11(20)21)4-16-6-17-8/h1-4,6H,5H2,(H,20,21). The average molecular weight is 299 g/mol. The molecule has 0 aliphatic heterocycles. The number of pyridine rings is 1. The highest BCUT2D eigenvalue weighted by Gasteiger charge is 2.34. The minimum absolute atomic E-state index is 0.184. The minimum atomic E-state index is -4.74. The van der Waals surface area contributed by atoms with Gasteiger partial charge in [-0.3, -0.25) is 9.36 Å². The summed E-state index contributed by atoms with van der Waals surface area (Å²) in [6, 6.07) is 2.68. The fraction of sp³-hybridized carbons (Fsp3) is 0.167. The largest absolute Gasteiger partial charge is 0.478 e. The summed E-state index contributed by atoms with van der Waals surface area (Å²) in [5, 5.41) is 8.95. The Balaban J connectivity index is 2.56. The molecular formula is C12H8F3N3O3. The van der Waals surface area contributed by atoms with Gasteiger partial charge in [0.1, 0.15) is 17.6 Å². The number of hydrogen-bond acceptors (Lipinski definition) is 4. The number of carboxylic acid groups (broad SMARTS) is 1. The summed E-state index contributed by atoms with van der Waals surface area (Å²) in [6.45, 7) is -0.612. The first-order valence-corrected chi connectivity index (χ1v) is 5.60. The summed E-state index contributed by atoms with van der Waals surface area (Å²) in [5.41, 5.74) is -2.62. The monoisotopic (exact) mass is 299 g/mol. The maximum absolute atomic E-state index is 12.9. The van der Waals surface area contributed by atoms with Crippen molar-refractivity contribution in [3.63, 3.8) is 0 Å². The number of rotatable bonds is 3. The van der Waals surface area contributed by atoms with Gasteiger partial charge in [0.15, 0.2) is 0 Å². The van der Waals surface area contributed by atoms with Gasteiger partial charge < -0.3 is 5.11 Å². The zero-order valence-electron chi connectivity index (χ0n) is 10.3. The van der Waals surface area contributed by atoms with Crippen molar-refractivity contribution in [1.82, 2.24) is 14.5 Å². The van der Waals surface area contributed by atoms with Crippen molar-refractivity contribution in [3.8, 4) is 0 Å². The number of halogens is 3. The molecule has 0 spiro atoms. The predicted octanol–water partition coefficient (Wildman–Crippen LogP) is 1.40. The van der Waals surface area contributed by atoms with E-state index in [2.05, 4.69) is 9.97 Å². The van der Waals surface area contributed by atoms with Crippen LogP contribution in [0, 0.1) is 0 Å². The molecule has 2 rings (SSSR count). The van der Waals surface area contributed by atoms with Crippen LogP contribution in [0.1, 0.15) is 21.7 Å². The number of carboxylic acids is 1. The number of aromatic nitrogens is 3. The molecule has 21 heavy (non-hydrogen) atoms. The molecule has 0 aliphatic carbocycles. The zero-order chi connectivity index (χ0) is 15.6. The maximum Gasteiger partial charge on any atom is 0.431 e. The summed E-state index contributed by atoms with van der Waals surface area (Å²) in [5.74, 6) is -1.39. The molecule has 0 aromatic carbocycles. The van der Waals surface area contributed by atoms with Gasteiger partial charge in [-0.1, -0.05) is 6.07 Å². The minimum Gasteiger partial charge on any atom is -0.478 e. The average Bonchev–Trinajstić information content (AvgIpc) is 2.40. The number of carbonyl (C=O) groups is 1. The fourth-order valence-corrected chi connectivity index (χ4v) is 1.74. The quantitative estimate of drug-likeness (QED) is 0.926. The van der Waals surface area contributed by atoms with Gasteiger partial charge in [0.05, 0.1) is 12.2 Å². The van der Waals surface area contributed by atoms with Crippen LogP contribution >= 0.6 is 0 Å². The second-order valence-corrected chi connectivity index (χ2v) is 4.02. The van der Waals surface area contributed by atoms with Crippen molar-refractivity contribution < 1.29 is 23.1 Å². The Hall–Kier alpha value is -2.71. The molecule has 9 heteroatoms. The molecular weight excluding hydrogens is 291 g/mol. The number of alkyl halides is 3. The molecule has 0 aliphatic rings. The Morgan fingerprint density at radius 1 is 1.33 bits per heavy atom. The Kier molecular flexibility index (Phi) is 3.74. The number of aromatic carboxylic acids is 1. The normalized spacial score (nSPS) is 11.4. The van der Waals surface area contributed by atoms with E-state index in [0.29, 0.717) is 4.57 Å². The van der Waals surface area contributed by atoms with E-state index in [0.717, 1.165) is 30.7 Å². The summed E-state index contributed by atoms with van der Waals surface area (Å²) < 4.78 is 39.1. The summed E-state index contributed by atoms with van der Waals surface area (Å²) in [4.78, 5) is 29.8. The van der Waals surface area contributed by atoms with Crippen LogP contribution in [0.25, 0.3) is 0 Å². The SMILES string of the molecule is O=C(O)c1cncnc1Cn1c(C(F)(F)F)cccc1=O. The molecule has 0 bridgehead atoms. The van der Waals surface area contributed by atoms with E-state index in [1.54, 1.807) is 0 Å². The third-order valence-corrected chi connectivity index (χ3v) is 2.67. The number of nitrogens with zero attached hydrogens (tertiary/aromatic N) is 3. The lowest BCUT2D eigenvalue weighted by atomic mass is 10.2. The van der Waals surface area contributed by atoms with Gasteiger partial charge >= 0.3 is 12.1 Å². The lowest BCUT2D eigenvalue weighted by Gasteiger charge is -2.15. The highest BCUT2D eigenvalue weighted by Crippen LogP contribution is 2.28. The van der Waals surface area contributed by atoms with Crippen molar-refractivity contribution in [2.45, 2.75) is 12.7 Å². The van der Waals surface area contributed by atoms with Gasteiger partial charge in [0, 0.05) is 12.3 Å². The van der Waals surface area contributed by atoms with Gasteiger partial charge in [-0.2, -0.15) is 13.2 Å². The van der Waals surface area contributed by atoms with E-state index in [1.807, 2.05) is 0 Å². The van der Waals surface area contributed by atoms with Gasteiger partial charge in [-0.15, -0.1) is 0 Å². The predicted molar refractivity (Wildman–Crippen MR) is 63.8 cm³/mol. The molecule has 0 radical (unpaired) electrons. The van der Waals surface area contributed by atoms with E-state index in [-0.39, 0.29) is 11.3 Å². The summed E-state index contributed by atoms with van der Waals surface area (Å²) >= 11 is 0. The Labute approximate surface area is 115 Å². The van der Waals surface area contributed by atoms with Crippen molar-refractivity contribution >= 4 is 5.97 Å². The molecule has 110 valence electrons. The van der Waals surface area contributed by atoms with Crippen molar-refractivity contribution in [2.24, 2.45) is 0 Å². The Bertz CT molecular complexity index is 740. The van der Waals surface area contributed by atoms with Crippen LogP contribution in [0.2, 0.25) is 0 Å². The van der Waals surface area contributed by atoms with Gasteiger partial charge in [-0.25, -0.2) is 14.8 Å². The molecule has 2 heterocycles. The second-order valence-electron chi connectivity index (χ2n) is 4.02. The molecule has 2 aromatic rings. The highest BCUT2D eigenvalue weighted by molar-refractivity contribution is 5.88. The van der Waals surface area contributed by atoms with Crippen molar-refractivity contribution in [1.29, 1.82) is 0 Å². The molecule has 1 N–H and O–H groups in total. The van der Waals surface area contributed by atoms with E-state index >= 15 is 0 Å². The third kappa shape index (κ3) is 3.07. The van der Waals surface area contributed by atoms with Gasteiger partial charge in [0.25, 0.3) is 5.56 Å². The van der Waals surface area contributed by atoms with Crippen LogP contribution in [-0.2, 0) is 12.7 Å². The highest BCUT2D eigenvalue weighted by atomic mass is 19.4. The van der Waals surface area contributed by atoms with Crippen LogP contribution in [0.4, 0.5) is 13.2 Å². The third-order valence-electron chi connectivity index (χ3n) is 2.67. The van der Waals surface area contributed by atoms with Crippen LogP contribution in [0.15, 0.2) is 35.5 Å². The molecule has 0 saturated heterocycles. The first kappa shape index (κ1) is 14.7. The van der Waals surface area contributed by atoms with E-state index in [4.69, 9.17) is 5.11 Å². The molecule has 0 unspecified atom stereocenters. The molecule has 0 atom stereocenters. The summed E-state index contributed by atoms with van der Waals surface area (Å²) in [7, 11) is 0. The van der Waals surface area contributed by atoms with Crippen LogP contribution in [0.3, 0.4) is 0 Å². The Morgan fingerprint density at radius 2 is 2.05 bits per heavy atom. The van der Waals surface area contributed by atoms with Gasteiger partial charge in [-0.05, 0) is 6.07 Å². The van der Waals surface area contributed by atoms with Crippen LogP contribution in [-0.4, -0.2) is 25.6 Å². The first-order valence-electron chi connectivity index (χ1n) is 5.60. The van der Waals surface area contributed by atoms with E-state index < -0.39 is 29.9 Å². The van der Waals surface area contributed by atoms with E-state index in [1.165, 1.54) is 0 Å². The van der Waals surface area contributed by atoms with Gasteiger partial charge in [0.2, 0.25) is 0 Å². The second kappa shape index (κ2) is 5.35. The lowest BCUT2D eigenvalue weighted by Crippen LogP contribution is -2.28. The lowest BCUT2D eigenvalue weighted by molar-refractivity contribution is -0.144. The topological polar surface area (TPSA) is 85.1 Å². The molecule has 2 aromatic heterocycles. The number of hydrogen-bond donors (Lipinski definition) is 1. The van der Waals surface area contributed by atoms with Crippen molar-refractivity contribution in [3.05, 3.63) is 58.0 Å². The molecule has 0 amide bonds. The fourth-order valence-electron chi connectivity index (χ4n) is 1.74.